The van der Waals surface area contributed by atoms with Gasteiger partial charge in [-0.15, -0.1) is 0 Å². The predicted octanol–water partition coefficient (Wildman–Crippen LogP) is 1.67. The standard InChI is InChI=1S/C13H18F3NO4/c14-13(15,16)10-7-17(6-9(10)12(19)20)11(18)5-8-3-1-2-4-21-8/h8-10H,1-7H2,(H,19,20)/t8?,9-,10-/m1/s1. The van der Waals surface area contributed by atoms with E-state index in [1.807, 2.05) is 0 Å². The van der Waals surface area contributed by atoms with Crippen molar-refractivity contribution < 1.29 is 32.6 Å². The van der Waals surface area contributed by atoms with Gasteiger partial charge in [0.2, 0.25) is 5.91 Å². The van der Waals surface area contributed by atoms with Crippen LogP contribution in [0.5, 0.6) is 0 Å². The van der Waals surface area contributed by atoms with Gasteiger partial charge in [-0.25, -0.2) is 0 Å². The fourth-order valence-corrected chi connectivity index (χ4v) is 2.88. The van der Waals surface area contributed by atoms with Gasteiger partial charge in [0.1, 0.15) is 0 Å². The van der Waals surface area contributed by atoms with Gasteiger partial charge in [0, 0.05) is 19.7 Å². The molecule has 120 valence electrons. The van der Waals surface area contributed by atoms with Crippen LogP contribution >= 0.6 is 0 Å². The van der Waals surface area contributed by atoms with E-state index in [0.717, 1.165) is 17.7 Å². The number of carbonyl (C=O) groups excluding carboxylic acids is 1. The van der Waals surface area contributed by atoms with E-state index in [0.29, 0.717) is 13.0 Å². The fraction of sp³-hybridized carbons (Fsp3) is 0.846. The molecule has 2 aliphatic rings. The van der Waals surface area contributed by atoms with Crippen molar-refractivity contribution >= 4 is 11.9 Å². The number of aliphatic carboxylic acids is 1. The monoisotopic (exact) mass is 309 g/mol. The largest absolute Gasteiger partial charge is 0.481 e. The summed E-state index contributed by atoms with van der Waals surface area (Å²) in [5, 5.41) is 8.91. The molecule has 1 N–H and O–H groups in total. The third-order valence-electron chi connectivity index (χ3n) is 4.09. The number of hydrogen-bond donors (Lipinski definition) is 1. The van der Waals surface area contributed by atoms with Crippen LogP contribution in [0.4, 0.5) is 13.2 Å². The lowest BCUT2D eigenvalue weighted by Crippen LogP contribution is -2.35. The zero-order chi connectivity index (χ0) is 15.6. The van der Waals surface area contributed by atoms with Crippen molar-refractivity contribution in [1.29, 1.82) is 0 Å². The number of nitrogens with zero attached hydrogens (tertiary/aromatic N) is 1. The Morgan fingerprint density at radius 2 is 1.95 bits per heavy atom. The minimum Gasteiger partial charge on any atom is -0.481 e. The van der Waals surface area contributed by atoms with E-state index in [1.54, 1.807) is 0 Å². The molecule has 0 radical (unpaired) electrons. The second kappa shape index (κ2) is 6.21. The van der Waals surface area contributed by atoms with Crippen molar-refractivity contribution in [2.24, 2.45) is 11.8 Å². The number of carboxylic acid groups (broad SMARTS) is 1. The Labute approximate surface area is 120 Å². The van der Waals surface area contributed by atoms with Crippen molar-refractivity contribution in [1.82, 2.24) is 4.90 Å². The third-order valence-corrected chi connectivity index (χ3v) is 4.09. The van der Waals surface area contributed by atoms with Crippen LogP contribution < -0.4 is 0 Å². The van der Waals surface area contributed by atoms with E-state index in [-0.39, 0.29) is 19.1 Å². The molecule has 0 aromatic heterocycles. The van der Waals surface area contributed by atoms with Gasteiger partial charge in [0.05, 0.1) is 24.4 Å². The molecule has 5 nitrogen and oxygen atoms in total. The Morgan fingerprint density at radius 1 is 1.24 bits per heavy atom. The molecule has 2 saturated heterocycles. The maximum Gasteiger partial charge on any atom is 0.394 e. The highest BCUT2D eigenvalue weighted by Gasteiger charge is 2.53. The van der Waals surface area contributed by atoms with Crippen molar-refractivity contribution in [3.8, 4) is 0 Å². The maximum atomic E-state index is 12.8. The molecule has 2 heterocycles. The Hall–Kier alpha value is -1.31. The van der Waals surface area contributed by atoms with Gasteiger partial charge >= 0.3 is 12.1 Å². The molecule has 21 heavy (non-hydrogen) atoms. The van der Waals surface area contributed by atoms with Gasteiger partial charge in [-0.1, -0.05) is 0 Å². The number of rotatable bonds is 3. The minimum atomic E-state index is -4.61. The van der Waals surface area contributed by atoms with Gasteiger partial charge in [-0.2, -0.15) is 13.2 Å². The van der Waals surface area contributed by atoms with Gasteiger partial charge in [-0.05, 0) is 19.3 Å². The average Bonchev–Trinajstić information content (AvgIpc) is 2.85. The lowest BCUT2D eigenvalue weighted by Gasteiger charge is -2.24. The summed E-state index contributed by atoms with van der Waals surface area (Å²) in [6.07, 6.45) is -2.28. The number of likely N-dealkylation sites (tertiary alicyclic amines) is 1. The second-order valence-electron chi connectivity index (χ2n) is 5.58. The normalized spacial score (nSPS) is 30.4. The van der Waals surface area contributed by atoms with Crippen molar-refractivity contribution in [2.75, 3.05) is 19.7 Å². The van der Waals surface area contributed by atoms with Crippen LogP contribution in [0.25, 0.3) is 0 Å². The minimum absolute atomic E-state index is 0.0247. The number of hydrogen-bond acceptors (Lipinski definition) is 3. The molecular formula is C13H18F3NO4. The van der Waals surface area contributed by atoms with E-state index in [4.69, 9.17) is 9.84 Å². The topological polar surface area (TPSA) is 66.8 Å². The van der Waals surface area contributed by atoms with E-state index in [9.17, 15) is 22.8 Å². The molecule has 0 bridgehead atoms. The molecule has 0 spiro atoms. The van der Waals surface area contributed by atoms with Crippen LogP contribution in [0.1, 0.15) is 25.7 Å². The van der Waals surface area contributed by atoms with Crippen molar-refractivity contribution in [3.05, 3.63) is 0 Å². The predicted molar refractivity (Wildman–Crippen MR) is 65.5 cm³/mol. The van der Waals surface area contributed by atoms with Gasteiger partial charge in [0.25, 0.3) is 0 Å². The summed E-state index contributed by atoms with van der Waals surface area (Å²) >= 11 is 0. The highest BCUT2D eigenvalue weighted by Crippen LogP contribution is 2.38. The fourth-order valence-electron chi connectivity index (χ4n) is 2.88. The first-order valence-corrected chi connectivity index (χ1v) is 6.98. The SMILES string of the molecule is O=C(O)[C@@H]1CN(C(=O)CC2CCCCO2)C[C@H]1C(F)(F)F. The Kier molecular flexibility index (Phi) is 4.75. The molecule has 0 aromatic carbocycles. The smallest absolute Gasteiger partial charge is 0.394 e. The molecule has 8 heteroatoms. The third kappa shape index (κ3) is 3.87. The Morgan fingerprint density at radius 3 is 2.43 bits per heavy atom. The number of ether oxygens (including phenoxy) is 1. The summed E-state index contributed by atoms with van der Waals surface area (Å²) in [5.74, 6) is -5.55. The summed E-state index contributed by atoms with van der Waals surface area (Å²) in [5.41, 5.74) is 0. The summed E-state index contributed by atoms with van der Waals surface area (Å²) in [7, 11) is 0. The maximum absolute atomic E-state index is 12.8. The van der Waals surface area contributed by atoms with Crippen LogP contribution in [0.2, 0.25) is 0 Å². The highest BCUT2D eigenvalue weighted by atomic mass is 19.4. The van der Waals surface area contributed by atoms with Gasteiger partial charge < -0.3 is 14.7 Å². The number of halogens is 3. The van der Waals surface area contributed by atoms with Crippen LogP contribution in [0.15, 0.2) is 0 Å². The number of alkyl halides is 3. The van der Waals surface area contributed by atoms with Crippen LogP contribution in [0, 0.1) is 11.8 Å². The Bertz CT molecular complexity index is 407. The molecule has 2 fully saturated rings. The van der Waals surface area contributed by atoms with E-state index in [2.05, 4.69) is 0 Å². The Balaban J connectivity index is 1.97. The van der Waals surface area contributed by atoms with Crippen LogP contribution in [0.3, 0.4) is 0 Å². The van der Waals surface area contributed by atoms with Crippen molar-refractivity contribution in [3.63, 3.8) is 0 Å². The first-order valence-electron chi connectivity index (χ1n) is 6.98. The molecule has 0 aliphatic carbocycles. The average molecular weight is 309 g/mol. The molecule has 2 rings (SSSR count). The van der Waals surface area contributed by atoms with Crippen LogP contribution in [-0.2, 0) is 14.3 Å². The molecule has 3 atom stereocenters. The zero-order valence-electron chi connectivity index (χ0n) is 11.4. The van der Waals surface area contributed by atoms with E-state index in [1.165, 1.54) is 0 Å². The van der Waals surface area contributed by atoms with Gasteiger partial charge in [0.15, 0.2) is 0 Å². The van der Waals surface area contributed by atoms with Gasteiger partial charge in [-0.3, -0.25) is 9.59 Å². The van der Waals surface area contributed by atoms with Crippen molar-refractivity contribution in [2.45, 2.75) is 38.0 Å². The molecular weight excluding hydrogens is 291 g/mol. The molecule has 1 unspecified atom stereocenters. The molecule has 0 aromatic rings. The summed E-state index contributed by atoms with van der Waals surface area (Å²) in [6.45, 7) is -0.405. The van der Waals surface area contributed by atoms with E-state index >= 15 is 0 Å². The summed E-state index contributed by atoms with van der Waals surface area (Å²) < 4.78 is 43.9. The second-order valence-corrected chi connectivity index (χ2v) is 5.58. The summed E-state index contributed by atoms with van der Waals surface area (Å²) in [6, 6.07) is 0. The summed E-state index contributed by atoms with van der Waals surface area (Å²) in [4.78, 5) is 24.0. The number of amides is 1. The highest BCUT2D eigenvalue weighted by molar-refractivity contribution is 5.79. The van der Waals surface area contributed by atoms with E-state index < -0.39 is 36.4 Å². The molecule has 1 amide bonds. The molecule has 2 aliphatic heterocycles. The first kappa shape index (κ1) is 16.1. The number of carbonyl (C=O) groups is 2. The van der Waals surface area contributed by atoms with Crippen LogP contribution in [-0.4, -0.2) is 53.9 Å². The lowest BCUT2D eigenvalue weighted by atomic mass is 9.96. The quantitative estimate of drug-likeness (QED) is 0.861. The first-order chi connectivity index (χ1) is 9.79. The number of carboxylic acids is 1. The zero-order valence-corrected chi connectivity index (χ0v) is 11.4. The molecule has 0 saturated carbocycles. The lowest BCUT2D eigenvalue weighted by molar-refractivity contribution is -0.188.